The van der Waals surface area contributed by atoms with Crippen molar-refractivity contribution < 1.29 is 18.3 Å². The summed E-state index contributed by atoms with van der Waals surface area (Å²) in [5, 5.41) is 0. The molecule has 1 aromatic rings. The van der Waals surface area contributed by atoms with Crippen molar-refractivity contribution >= 4 is 11.7 Å². The van der Waals surface area contributed by atoms with Gasteiger partial charge in [-0.1, -0.05) is 0 Å². The Morgan fingerprint density at radius 3 is 2.87 bits per heavy atom. The summed E-state index contributed by atoms with van der Waals surface area (Å²) in [7, 11) is 0. The molecule has 0 aliphatic rings. The van der Waals surface area contributed by atoms with Crippen molar-refractivity contribution in [2.75, 3.05) is 12.3 Å². The Balaban J connectivity index is 3.11. The van der Waals surface area contributed by atoms with Gasteiger partial charge in [0.15, 0.2) is 5.69 Å². The third-order valence-corrected chi connectivity index (χ3v) is 1.64. The highest BCUT2D eigenvalue weighted by Crippen LogP contribution is 2.23. The van der Waals surface area contributed by atoms with Gasteiger partial charge in [0.25, 0.3) is 6.43 Å². The highest BCUT2D eigenvalue weighted by molar-refractivity contribution is 5.89. The first-order chi connectivity index (χ1) is 7.06. The van der Waals surface area contributed by atoms with Crippen molar-refractivity contribution in [3.8, 4) is 0 Å². The van der Waals surface area contributed by atoms with E-state index in [2.05, 4.69) is 9.72 Å². The maximum absolute atomic E-state index is 12.5. The molecule has 0 aliphatic heterocycles. The second-order valence-corrected chi connectivity index (χ2v) is 2.73. The number of carbonyl (C=O) groups is 1. The molecule has 6 heteroatoms. The highest BCUT2D eigenvalue weighted by atomic mass is 19.3. The number of pyridine rings is 1. The van der Waals surface area contributed by atoms with Crippen molar-refractivity contribution in [1.29, 1.82) is 0 Å². The zero-order chi connectivity index (χ0) is 11.4. The number of hydrogen-bond donors (Lipinski definition) is 1. The predicted molar refractivity (Wildman–Crippen MR) is 49.6 cm³/mol. The molecule has 0 radical (unpaired) electrons. The van der Waals surface area contributed by atoms with Crippen LogP contribution in [0.1, 0.15) is 29.4 Å². The number of ether oxygens (including phenoxy) is 1. The van der Waals surface area contributed by atoms with Crippen LogP contribution < -0.4 is 5.73 Å². The van der Waals surface area contributed by atoms with Gasteiger partial charge in [0.05, 0.1) is 24.1 Å². The number of rotatable bonds is 3. The van der Waals surface area contributed by atoms with E-state index in [1.807, 2.05) is 0 Å². The Hall–Kier alpha value is -1.72. The lowest BCUT2D eigenvalue weighted by Gasteiger charge is -2.07. The first kappa shape index (κ1) is 11.4. The first-order valence-electron chi connectivity index (χ1n) is 4.27. The smallest absolute Gasteiger partial charge is 0.357 e. The topological polar surface area (TPSA) is 65.2 Å². The van der Waals surface area contributed by atoms with Crippen molar-refractivity contribution in [3.63, 3.8) is 0 Å². The normalized spacial score (nSPS) is 10.4. The van der Waals surface area contributed by atoms with E-state index in [1.54, 1.807) is 6.92 Å². The van der Waals surface area contributed by atoms with Crippen LogP contribution in [0.2, 0.25) is 0 Å². The van der Waals surface area contributed by atoms with Crippen LogP contribution in [-0.4, -0.2) is 17.6 Å². The fourth-order valence-electron chi connectivity index (χ4n) is 1.04. The maximum atomic E-state index is 12.5. The average Bonchev–Trinajstić information content (AvgIpc) is 2.17. The summed E-state index contributed by atoms with van der Waals surface area (Å²) < 4.78 is 29.6. The number of carbonyl (C=O) groups excluding carboxylic acids is 1. The van der Waals surface area contributed by atoms with Crippen LogP contribution in [0.25, 0.3) is 0 Å². The SMILES string of the molecule is CCOC(=O)c1ncc(N)cc1C(F)F. The van der Waals surface area contributed by atoms with Crippen molar-refractivity contribution in [1.82, 2.24) is 4.98 Å². The van der Waals surface area contributed by atoms with E-state index >= 15 is 0 Å². The Morgan fingerprint density at radius 1 is 1.67 bits per heavy atom. The minimum atomic E-state index is -2.81. The van der Waals surface area contributed by atoms with Gasteiger partial charge in [0.1, 0.15) is 0 Å². The molecule has 1 heterocycles. The molecule has 0 atom stereocenters. The molecule has 0 aromatic carbocycles. The van der Waals surface area contributed by atoms with Crippen LogP contribution >= 0.6 is 0 Å². The van der Waals surface area contributed by atoms with Crippen molar-refractivity contribution in [3.05, 3.63) is 23.5 Å². The van der Waals surface area contributed by atoms with Gasteiger partial charge >= 0.3 is 5.97 Å². The monoisotopic (exact) mass is 216 g/mol. The van der Waals surface area contributed by atoms with Gasteiger partial charge in [0.2, 0.25) is 0 Å². The van der Waals surface area contributed by atoms with Gasteiger partial charge in [-0.3, -0.25) is 0 Å². The van der Waals surface area contributed by atoms with E-state index in [1.165, 1.54) is 0 Å². The van der Waals surface area contributed by atoms with Gasteiger partial charge < -0.3 is 10.5 Å². The third kappa shape index (κ3) is 2.61. The molecule has 0 spiro atoms. The van der Waals surface area contributed by atoms with Crippen molar-refractivity contribution in [2.24, 2.45) is 0 Å². The quantitative estimate of drug-likeness (QED) is 0.782. The van der Waals surface area contributed by atoms with E-state index in [0.717, 1.165) is 12.3 Å². The zero-order valence-electron chi connectivity index (χ0n) is 8.04. The molecule has 0 aliphatic carbocycles. The number of alkyl halides is 2. The summed E-state index contributed by atoms with van der Waals surface area (Å²) in [5.74, 6) is -0.868. The largest absolute Gasteiger partial charge is 0.461 e. The lowest BCUT2D eigenvalue weighted by atomic mass is 10.2. The number of esters is 1. The van der Waals surface area contributed by atoms with E-state index in [4.69, 9.17) is 5.73 Å². The number of halogens is 2. The Kier molecular flexibility index (Phi) is 3.54. The van der Waals surface area contributed by atoms with Crippen LogP contribution in [0.3, 0.4) is 0 Å². The molecule has 4 nitrogen and oxygen atoms in total. The summed E-state index contributed by atoms with van der Waals surface area (Å²) in [5.41, 5.74) is 4.48. The van der Waals surface area contributed by atoms with E-state index in [0.29, 0.717) is 0 Å². The molecule has 0 bridgehead atoms. The molecular formula is C9H10F2N2O2. The lowest BCUT2D eigenvalue weighted by Crippen LogP contribution is -2.11. The van der Waals surface area contributed by atoms with Crippen LogP contribution in [0.5, 0.6) is 0 Å². The van der Waals surface area contributed by atoms with Crippen LogP contribution in [-0.2, 0) is 4.74 Å². The summed E-state index contributed by atoms with van der Waals surface area (Å²) in [4.78, 5) is 14.8. The second-order valence-electron chi connectivity index (χ2n) is 2.73. The Bertz CT molecular complexity index is 369. The lowest BCUT2D eigenvalue weighted by molar-refractivity contribution is 0.0507. The minimum absolute atomic E-state index is 0.0818. The standard InChI is InChI=1S/C9H10F2N2O2/c1-2-15-9(14)7-6(8(10)11)3-5(12)4-13-7/h3-4,8H,2,12H2,1H3. The molecule has 1 rings (SSSR count). The van der Waals surface area contributed by atoms with E-state index in [-0.39, 0.29) is 18.0 Å². The summed E-state index contributed by atoms with van der Waals surface area (Å²) >= 11 is 0. The van der Waals surface area contributed by atoms with Gasteiger partial charge in [-0.15, -0.1) is 0 Å². The number of aromatic nitrogens is 1. The minimum Gasteiger partial charge on any atom is -0.461 e. The van der Waals surface area contributed by atoms with E-state index in [9.17, 15) is 13.6 Å². The zero-order valence-corrected chi connectivity index (χ0v) is 8.04. The fraction of sp³-hybridized carbons (Fsp3) is 0.333. The summed E-state index contributed by atoms with van der Waals surface area (Å²) in [6.45, 7) is 1.69. The molecule has 82 valence electrons. The maximum Gasteiger partial charge on any atom is 0.357 e. The summed E-state index contributed by atoms with van der Waals surface area (Å²) in [6.07, 6.45) is -1.67. The molecular weight excluding hydrogens is 206 g/mol. The van der Waals surface area contributed by atoms with Gasteiger partial charge in [-0.05, 0) is 13.0 Å². The van der Waals surface area contributed by atoms with Crippen LogP contribution in [0.4, 0.5) is 14.5 Å². The molecule has 0 fully saturated rings. The molecule has 1 aromatic heterocycles. The van der Waals surface area contributed by atoms with Gasteiger partial charge in [-0.25, -0.2) is 18.6 Å². The molecule has 0 unspecified atom stereocenters. The van der Waals surface area contributed by atoms with Crippen LogP contribution in [0, 0.1) is 0 Å². The van der Waals surface area contributed by atoms with E-state index < -0.39 is 18.0 Å². The summed E-state index contributed by atoms with van der Waals surface area (Å²) in [6, 6.07) is 1.02. The molecule has 2 N–H and O–H groups in total. The van der Waals surface area contributed by atoms with Crippen molar-refractivity contribution in [2.45, 2.75) is 13.3 Å². The van der Waals surface area contributed by atoms with Gasteiger partial charge in [-0.2, -0.15) is 0 Å². The average molecular weight is 216 g/mol. The van der Waals surface area contributed by atoms with Crippen LogP contribution in [0.15, 0.2) is 12.3 Å². The molecule has 0 amide bonds. The second kappa shape index (κ2) is 4.68. The number of anilines is 1. The predicted octanol–water partition coefficient (Wildman–Crippen LogP) is 1.78. The fourth-order valence-corrected chi connectivity index (χ4v) is 1.04. The Labute approximate surface area is 85.1 Å². The number of nitrogen functional groups attached to an aromatic ring is 1. The highest BCUT2D eigenvalue weighted by Gasteiger charge is 2.20. The first-order valence-corrected chi connectivity index (χ1v) is 4.27. The molecule has 15 heavy (non-hydrogen) atoms. The third-order valence-electron chi connectivity index (χ3n) is 1.64. The van der Waals surface area contributed by atoms with Gasteiger partial charge in [0, 0.05) is 0 Å². The number of hydrogen-bond acceptors (Lipinski definition) is 4. The number of nitrogens with two attached hydrogens (primary N) is 1. The Morgan fingerprint density at radius 2 is 2.33 bits per heavy atom. The molecule has 0 saturated carbocycles. The number of nitrogens with zero attached hydrogens (tertiary/aromatic N) is 1. The molecule has 0 saturated heterocycles.